The number of phenolic OH excluding ortho intramolecular Hbond substituents is 1. The molecule has 4 nitrogen and oxygen atoms in total. The van der Waals surface area contributed by atoms with Gasteiger partial charge in [0, 0.05) is 11.1 Å². The zero-order valence-electron chi connectivity index (χ0n) is 19.6. The van der Waals surface area contributed by atoms with Crippen molar-refractivity contribution in [3.05, 3.63) is 82.4 Å². The second-order valence-corrected chi connectivity index (χ2v) is 8.64. The van der Waals surface area contributed by atoms with Gasteiger partial charge in [-0.25, -0.2) is 22.4 Å². The van der Waals surface area contributed by atoms with E-state index in [9.17, 15) is 36.2 Å². The molecule has 10 heteroatoms. The van der Waals surface area contributed by atoms with E-state index < -0.39 is 69.4 Å². The first kappa shape index (κ1) is 26.4. The molecule has 0 atom stereocenters. The lowest BCUT2D eigenvalue weighted by atomic mass is 9.82. The third-order valence-corrected chi connectivity index (χ3v) is 6.42. The molecule has 37 heavy (non-hydrogen) atoms. The van der Waals surface area contributed by atoms with E-state index in [0.29, 0.717) is 12.8 Å². The molecule has 0 aliphatic heterocycles. The van der Waals surface area contributed by atoms with Crippen LogP contribution in [-0.4, -0.2) is 23.8 Å². The van der Waals surface area contributed by atoms with Crippen LogP contribution in [0, 0.1) is 34.9 Å². The fourth-order valence-electron chi connectivity index (χ4n) is 4.50. The number of phenols is 1. The van der Waals surface area contributed by atoms with Crippen LogP contribution in [0.15, 0.2) is 36.4 Å². The third kappa shape index (κ3) is 5.10. The maximum Gasteiger partial charge on any atom is 0.341 e. The quantitative estimate of drug-likeness (QED) is 0.274. The number of halogens is 6. The Morgan fingerprint density at radius 2 is 1.41 bits per heavy atom. The van der Waals surface area contributed by atoms with Crippen LogP contribution in [0.3, 0.4) is 0 Å². The van der Waals surface area contributed by atoms with E-state index in [1.54, 1.807) is 6.92 Å². The second-order valence-electron chi connectivity index (χ2n) is 8.64. The van der Waals surface area contributed by atoms with Gasteiger partial charge >= 0.3 is 5.97 Å². The highest BCUT2D eigenvalue weighted by Gasteiger charge is 2.30. The van der Waals surface area contributed by atoms with Crippen LogP contribution in [0.1, 0.15) is 54.4 Å². The minimum atomic E-state index is -1.58. The Morgan fingerprint density at radius 3 is 2.05 bits per heavy atom. The van der Waals surface area contributed by atoms with Crippen LogP contribution in [0.25, 0.3) is 11.1 Å². The number of ether oxygens (including phenoxy) is 2. The average Bonchev–Trinajstić information content (AvgIpc) is 2.88. The lowest BCUT2D eigenvalue weighted by Gasteiger charge is -2.29. The number of carbonyl (C=O) groups excluding carboxylic acids is 1. The molecule has 3 aromatic rings. The van der Waals surface area contributed by atoms with E-state index in [2.05, 4.69) is 0 Å². The summed E-state index contributed by atoms with van der Waals surface area (Å²) in [6.07, 6.45) is 0.511. The summed E-state index contributed by atoms with van der Waals surface area (Å²) in [7, 11) is 0. The van der Waals surface area contributed by atoms with Gasteiger partial charge in [0.2, 0.25) is 11.6 Å². The molecule has 0 saturated heterocycles. The molecule has 1 saturated carbocycles. The lowest BCUT2D eigenvalue weighted by molar-refractivity contribution is 0.0188. The molecule has 0 unspecified atom stereocenters. The maximum atomic E-state index is 14.8. The summed E-state index contributed by atoms with van der Waals surface area (Å²) in [4.78, 5) is 12.5. The summed E-state index contributed by atoms with van der Waals surface area (Å²) in [5.74, 6) is -11.1. The minimum Gasteiger partial charge on any atom is -0.505 e. The Balaban J connectivity index is 1.46. The number of carbonyl (C=O) groups is 1. The molecule has 0 bridgehead atoms. The van der Waals surface area contributed by atoms with E-state index in [1.165, 1.54) is 6.07 Å². The summed E-state index contributed by atoms with van der Waals surface area (Å²) < 4.78 is 96.3. The van der Waals surface area contributed by atoms with Crippen molar-refractivity contribution >= 4 is 5.97 Å². The highest BCUT2D eigenvalue weighted by atomic mass is 19.2. The minimum absolute atomic E-state index is 0.0728. The van der Waals surface area contributed by atoms with E-state index in [0.717, 1.165) is 30.3 Å². The molecule has 1 aliphatic rings. The molecule has 0 spiro atoms. The highest BCUT2D eigenvalue weighted by Crippen LogP contribution is 2.38. The first-order valence-corrected chi connectivity index (χ1v) is 11.6. The summed E-state index contributed by atoms with van der Waals surface area (Å²) in [5.41, 5.74) is -1.76. The summed E-state index contributed by atoms with van der Waals surface area (Å²) in [5, 5.41) is 9.28. The number of hydrogen-bond acceptors (Lipinski definition) is 4. The van der Waals surface area contributed by atoms with Crippen molar-refractivity contribution in [3.63, 3.8) is 0 Å². The van der Waals surface area contributed by atoms with Gasteiger partial charge in [-0.05, 0) is 68.4 Å². The first-order valence-electron chi connectivity index (χ1n) is 11.6. The van der Waals surface area contributed by atoms with Crippen molar-refractivity contribution in [2.24, 2.45) is 0 Å². The van der Waals surface area contributed by atoms with E-state index >= 15 is 0 Å². The van der Waals surface area contributed by atoms with Crippen LogP contribution in [-0.2, 0) is 4.74 Å². The molecule has 1 fully saturated rings. The van der Waals surface area contributed by atoms with Gasteiger partial charge in [0.25, 0.3) is 0 Å². The van der Waals surface area contributed by atoms with Gasteiger partial charge in [-0.1, -0.05) is 12.1 Å². The van der Waals surface area contributed by atoms with Crippen LogP contribution < -0.4 is 4.74 Å². The van der Waals surface area contributed by atoms with Gasteiger partial charge in [-0.2, -0.15) is 8.78 Å². The average molecular weight is 524 g/mol. The van der Waals surface area contributed by atoms with Crippen LogP contribution in [0.4, 0.5) is 26.3 Å². The standard InChI is InChI=1S/C27H22F6O4/c1-2-36-20-12-10-17(23(30)26(20)33)16-7-8-18(24(31)22(16)29)27(35)37-14-5-3-13(4-6-14)15-9-11-19(34)25(32)21(15)28/h7-14,34H,2-6H2,1H3. The van der Waals surface area contributed by atoms with Crippen molar-refractivity contribution in [1.82, 2.24) is 0 Å². The van der Waals surface area contributed by atoms with Crippen molar-refractivity contribution in [2.45, 2.75) is 44.6 Å². The van der Waals surface area contributed by atoms with Gasteiger partial charge in [-0.3, -0.25) is 0 Å². The van der Waals surface area contributed by atoms with Gasteiger partial charge in [0.05, 0.1) is 12.2 Å². The number of aromatic hydroxyl groups is 1. The monoisotopic (exact) mass is 524 g/mol. The molecular weight excluding hydrogens is 502 g/mol. The fraction of sp³-hybridized carbons (Fsp3) is 0.296. The van der Waals surface area contributed by atoms with Crippen LogP contribution in [0.5, 0.6) is 11.5 Å². The maximum absolute atomic E-state index is 14.8. The topological polar surface area (TPSA) is 55.8 Å². The summed E-state index contributed by atoms with van der Waals surface area (Å²) >= 11 is 0. The number of hydrogen-bond donors (Lipinski definition) is 1. The Morgan fingerprint density at radius 1 is 0.784 bits per heavy atom. The van der Waals surface area contributed by atoms with E-state index in [-0.39, 0.29) is 36.7 Å². The van der Waals surface area contributed by atoms with E-state index in [4.69, 9.17) is 9.47 Å². The second kappa shape index (κ2) is 10.7. The normalized spacial score (nSPS) is 17.5. The van der Waals surface area contributed by atoms with E-state index in [1.807, 2.05) is 0 Å². The van der Waals surface area contributed by atoms with Crippen molar-refractivity contribution in [1.29, 1.82) is 0 Å². The SMILES string of the molecule is CCOc1ccc(-c2ccc(C(=O)OC3CCC(c4ccc(O)c(F)c4F)CC3)c(F)c2F)c(F)c1F. The predicted octanol–water partition coefficient (Wildman–Crippen LogP) is 7.18. The molecule has 196 valence electrons. The Labute approximate surface area is 208 Å². The summed E-state index contributed by atoms with van der Waals surface area (Å²) in [6, 6.07) is 6.36. The molecule has 0 amide bonds. The molecule has 3 aromatic carbocycles. The number of rotatable bonds is 6. The van der Waals surface area contributed by atoms with Crippen molar-refractivity contribution in [2.75, 3.05) is 6.61 Å². The molecule has 1 N–H and O–H groups in total. The smallest absolute Gasteiger partial charge is 0.341 e. The molecule has 0 heterocycles. The first-order chi connectivity index (χ1) is 17.6. The van der Waals surface area contributed by atoms with Gasteiger partial charge in [0.1, 0.15) is 6.10 Å². The van der Waals surface area contributed by atoms with Gasteiger partial charge in [-0.15, -0.1) is 0 Å². The zero-order chi connectivity index (χ0) is 26.9. The largest absolute Gasteiger partial charge is 0.505 e. The molecule has 0 aromatic heterocycles. The predicted molar refractivity (Wildman–Crippen MR) is 121 cm³/mol. The van der Waals surface area contributed by atoms with Crippen LogP contribution in [0.2, 0.25) is 0 Å². The zero-order valence-corrected chi connectivity index (χ0v) is 19.6. The Hall–Kier alpha value is -3.69. The van der Waals surface area contributed by atoms with Crippen LogP contribution >= 0.6 is 0 Å². The molecule has 1 aliphatic carbocycles. The number of benzene rings is 3. The highest BCUT2D eigenvalue weighted by molar-refractivity contribution is 5.90. The number of esters is 1. The molecule has 4 rings (SSSR count). The summed E-state index contributed by atoms with van der Waals surface area (Å²) in [6.45, 7) is 1.64. The van der Waals surface area contributed by atoms with Crippen molar-refractivity contribution in [3.8, 4) is 22.6 Å². The Kier molecular flexibility index (Phi) is 7.65. The molecule has 0 radical (unpaired) electrons. The van der Waals surface area contributed by atoms with Gasteiger partial charge in [0.15, 0.2) is 34.8 Å². The lowest BCUT2D eigenvalue weighted by Crippen LogP contribution is -2.25. The Bertz CT molecular complexity index is 1340. The van der Waals surface area contributed by atoms with Gasteiger partial charge < -0.3 is 14.6 Å². The molecular formula is C27H22F6O4. The third-order valence-electron chi connectivity index (χ3n) is 6.42. The van der Waals surface area contributed by atoms with Crippen molar-refractivity contribution < 1.29 is 45.7 Å². The fourth-order valence-corrected chi connectivity index (χ4v) is 4.50.